The summed E-state index contributed by atoms with van der Waals surface area (Å²) in [5, 5.41) is 0. The maximum absolute atomic E-state index is 5.79. The van der Waals surface area contributed by atoms with Crippen molar-refractivity contribution in [3.05, 3.63) is 0 Å². The van der Waals surface area contributed by atoms with E-state index in [0.29, 0.717) is 5.92 Å². The lowest BCUT2D eigenvalue weighted by Gasteiger charge is -2.24. The number of nitrogens with zero attached hydrogens (tertiary/aromatic N) is 1. The van der Waals surface area contributed by atoms with Crippen LogP contribution in [0.4, 0.5) is 0 Å². The Morgan fingerprint density at radius 3 is 2.43 bits per heavy atom. The first-order valence-corrected chi connectivity index (χ1v) is 6.00. The lowest BCUT2D eigenvalue weighted by atomic mass is 9.97. The molecule has 2 nitrogen and oxygen atoms in total. The van der Waals surface area contributed by atoms with E-state index in [2.05, 4.69) is 25.8 Å². The van der Waals surface area contributed by atoms with Crippen LogP contribution in [0.3, 0.4) is 0 Å². The van der Waals surface area contributed by atoms with Crippen LogP contribution in [0.25, 0.3) is 0 Å². The number of rotatable bonds is 7. The van der Waals surface area contributed by atoms with Gasteiger partial charge in [0.25, 0.3) is 0 Å². The molecule has 84 valence electrons. The molecule has 1 aliphatic rings. The Labute approximate surface area is 88.8 Å². The highest BCUT2D eigenvalue weighted by atomic mass is 15.1. The van der Waals surface area contributed by atoms with Crippen molar-refractivity contribution in [2.75, 3.05) is 26.7 Å². The summed E-state index contributed by atoms with van der Waals surface area (Å²) in [7, 11) is 2.24. The lowest BCUT2D eigenvalue weighted by molar-refractivity contribution is 0.248. The van der Waals surface area contributed by atoms with Crippen molar-refractivity contribution in [1.82, 2.24) is 4.90 Å². The van der Waals surface area contributed by atoms with Gasteiger partial charge in [0, 0.05) is 13.1 Å². The molecule has 1 fully saturated rings. The fourth-order valence-corrected chi connectivity index (χ4v) is 2.17. The minimum Gasteiger partial charge on any atom is -0.330 e. The molecule has 2 heteroatoms. The summed E-state index contributed by atoms with van der Waals surface area (Å²) in [4.78, 5) is 2.47. The van der Waals surface area contributed by atoms with Gasteiger partial charge in [-0.25, -0.2) is 0 Å². The summed E-state index contributed by atoms with van der Waals surface area (Å²) in [5.74, 6) is 2.47. The molecule has 0 spiro atoms. The molecule has 0 aromatic carbocycles. The quantitative estimate of drug-likeness (QED) is 0.677. The second-order valence-electron chi connectivity index (χ2n) is 5.40. The molecule has 1 atom stereocenters. The molecule has 0 saturated heterocycles. The van der Waals surface area contributed by atoms with Crippen molar-refractivity contribution in [3.8, 4) is 0 Å². The highest BCUT2D eigenvalue weighted by molar-refractivity contribution is 4.77. The normalized spacial score (nSPS) is 19.3. The van der Waals surface area contributed by atoms with Gasteiger partial charge in [-0.15, -0.1) is 0 Å². The summed E-state index contributed by atoms with van der Waals surface area (Å²) >= 11 is 0. The molecule has 0 aromatic rings. The predicted molar refractivity (Wildman–Crippen MR) is 62.2 cm³/mol. The molecule has 1 aliphatic carbocycles. The first-order valence-electron chi connectivity index (χ1n) is 6.00. The summed E-state index contributed by atoms with van der Waals surface area (Å²) in [6, 6.07) is 0. The van der Waals surface area contributed by atoms with E-state index in [9.17, 15) is 0 Å². The van der Waals surface area contributed by atoms with Crippen LogP contribution in [0, 0.1) is 17.8 Å². The van der Waals surface area contributed by atoms with Crippen LogP contribution < -0.4 is 5.73 Å². The van der Waals surface area contributed by atoms with Gasteiger partial charge in [0.2, 0.25) is 0 Å². The van der Waals surface area contributed by atoms with Gasteiger partial charge in [-0.3, -0.25) is 0 Å². The standard InChI is InChI=1S/C12H26N2/c1-10(2)6-12(7-13)9-14(3)8-11-4-5-11/h10-12H,4-9,13H2,1-3H3. The van der Waals surface area contributed by atoms with Crippen molar-refractivity contribution in [3.63, 3.8) is 0 Å². The Balaban J connectivity index is 2.16. The van der Waals surface area contributed by atoms with E-state index in [1.165, 1.54) is 32.4 Å². The zero-order valence-electron chi connectivity index (χ0n) is 10.00. The molecule has 1 saturated carbocycles. The molecule has 14 heavy (non-hydrogen) atoms. The molecule has 2 N–H and O–H groups in total. The van der Waals surface area contributed by atoms with Gasteiger partial charge in [0.1, 0.15) is 0 Å². The zero-order chi connectivity index (χ0) is 10.6. The maximum atomic E-state index is 5.79. The summed E-state index contributed by atoms with van der Waals surface area (Å²) in [6.45, 7) is 7.88. The molecule has 0 aromatic heterocycles. The predicted octanol–water partition coefficient (Wildman–Crippen LogP) is 1.95. The first kappa shape index (κ1) is 12.0. The van der Waals surface area contributed by atoms with Crippen LogP contribution in [-0.4, -0.2) is 31.6 Å². The van der Waals surface area contributed by atoms with Crippen molar-refractivity contribution < 1.29 is 0 Å². The summed E-state index contributed by atoms with van der Waals surface area (Å²) in [6.07, 6.45) is 4.16. The Morgan fingerprint density at radius 1 is 1.36 bits per heavy atom. The van der Waals surface area contributed by atoms with E-state index in [4.69, 9.17) is 5.73 Å². The molecule has 0 radical (unpaired) electrons. The lowest BCUT2D eigenvalue weighted by Crippen LogP contribution is -2.32. The smallest absolute Gasteiger partial charge is 0.00189 e. The van der Waals surface area contributed by atoms with Crippen LogP contribution >= 0.6 is 0 Å². The third-order valence-corrected chi connectivity index (χ3v) is 2.97. The molecule has 0 aliphatic heterocycles. The minimum absolute atomic E-state index is 0.693. The fourth-order valence-electron chi connectivity index (χ4n) is 2.17. The number of hydrogen-bond donors (Lipinski definition) is 1. The summed E-state index contributed by atoms with van der Waals surface area (Å²) in [5.41, 5.74) is 5.79. The van der Waals surface area contributed by atoms with Crippen molar-refractivity contribution >= 4 is 0 Å². The van der Waals surface area contributed by atoms with E-state index >= 15 is 0 Å². The molecule has 0 bridgehead atoms. The summed E-state index contributed by atoms with van der Waals surface area (Å²) < 4.78 is 0. The zero-order valence-corrected chi connectivity index (χ0v) is 10.00. The molecular weight excluding hydrogens is 172 g/mol. The van der Waals surface area contributed by atoms with Gasteiger partial charge < -0.3 is 10.6 Å². The first-order chi connectivity index (χ1) is 6.61. The van der Waals surface area contributed by atoms with Crippen LogP contribution in [0.5, 0.6) is 0 Å². The molecular formula is C12H26N2. The van der Waals surface area contributed by atoms with Crippen LogP contribution in [0.15, 0.2) is 0 Å². The average molecular weight is 198 g/mol. The van der Waals surface area contributed by atoms with Gasteiger partial charge in [-0.2, -0.15) is 0 Å². The van der Waals surface area contributed by atoms with Crippen molar-refractivity contribution in [1.29, 1.82) is 0 Å². The topological polar surface area (TPSA) is 29.3 Å². The van der Waals surface area contributed by atoms with Gasteiger partial charge >= 0.3 is 0 Å². The Kier molecular flexibility index (Phi) is 4.90. The van der Waals surface area contributed by atoms with Gasteiger partial charge in [-0.1, -0.05) is 13.8 Å². The molecule has 1 unspecified atom stereocenters. The molecule has 1 rings (SSSR count). The van der Waals surface area contributed by atoms with Crippen molar-refractivity contribution in [2.45, 2.75) is 33.1 Å². The second-order valence-corrected chi connectivity index (χ2v) is 5.40. The van der Waals surface area contributed by atoms with E-state index in [1.807, 2.05) is 0 Å². The highest BCUT2D eigenvalue weighted by Crippen LogP contribution is 2.29. The Bertz CT molecular complexity index is 152. The Morgan fingerprint density at radius 2 is 2.00 bits per heavy atom. The largest absolute Gasteiger partial charge is 0.330 e. The van der Waals surface area contributed by atoms with E-state index in [0.717, 1.165) is 18.4 Å². The van der Waals surface area contributed by atoms with Gasteiger partial charge in [0.15, 0.2) is 0 Å². The van der Waals surface area contributed by atoms with Crippen LogP contribution in [0.1, 0.15) is 33.1 Å². The third-order valence-electron chi connectivity index (χ3n) is 2.97. The fraction of sp³-hybridized carbons (Fsp3) is 1.00. The van der Waals surface area contributed by atoms with Crippen LogP contribution in [0.2, 0.25) is 0 Å². The molecule has 0 heterocycles. The van der Waals surface area contributed by atoms with E-state index < -0.39 is 0 Å². The Hall–Kier alpha value is -0.0800. The SMILES string of the molecule is CC(C)CC(CN)CN(C)CC1CC1. The molecule has 0 amide bonds. The van der Waals surface area contributed by atoms with Crippen molar-refractivity contribution in [2.24, 2.45) is 23.5 Å². The van der Waals surface area contributed by atoms with Gasteiger partial charge in [0.05, 0.1) is 0 Å². The minimum atomic E-state index is 0.693. The van der Waals surface area contributed by atoms with E-state index in [-0.39, 0.29) is 0 Å². The number of hydrogen-bond acceptors (Lipinski definition) is 2. The maximum Gasteiger partial charge on any atom is 0.00189 e. The monoisotopic (exact) mass is 198 g/mol. The second kappa shape index (κ2) is 5.72. The van der Waals surface area contributed by atoms with E-state index in [1.54, 1.807) is 0 Å². The average Bonchev–Trinajstić information content (AvgIpc) is 2.86. The van der Waals surface area contributed by atoms with Crippen LogP contribution in [-0.2, 0) is 0 Å². The number of nitrogens with two attached hydrogens (primary N) is 1. The highest BCUT2D eigenvalue weighted by Gasteiger charge is 2.23. The van der Waals surface area contributed by atoms with Gasteiger partial charge in [-0.05, 0) is 50.6 Å². The third kappa shape index (κ3) is 4.97.